The fraction of sp³-hybridized carbons (Fsp3) is 0.333. The van der Waals surface area contributed by atoms with E-state index in [1.54, 1.807) is 11.6 Å². The number of aryl methyl sites for hydroxylation is 1. The van der Waals surface area contributed by atoms with E-state index in [0.717, 1.165) is 58.3 Å². The van der Waals surface area contributed by atoms with Gasteiger partial charge in [-0.15, -0.1) is 19.4 Å². The summed E-state index contributed by atoms with van der Waals surface area (Å²) in [6.07, 6.45) is 2.94. The third kappa shape index (κ3) is 3.68. The molecule has 1 aromatic carbocycles. The topological polar surface area (TPSA) is 68.4 Å². The smallest absolute Gasteiger partial charge is 0.203 e. The summed E-state index contributed by atoms with van der Waals surface area (Å²) in [6, 6.07) is 10.1. The minimum atomic E-state index is 0.642. The maximum absolute atomic E-state index is 5.27. The largest absolute Gasteiger partial charge is 0.383 e. The van der Waals surface area contributed by atoms with E-state index in [1.165, 1.54) is 0 Å². The van der Waals surface area contributed by atoms with Gasteiger partial charge in [-0.25, -0.2) is 4.98 Å². The number of benzene rings is 1. The van der Waals surface area contributed by atoms with Crippen LogP contribution in [0.25, 0.3) is 28.1 Å². The molecule has 0 amide bonds. The molecule has 8 heteroatoms. The van der Waals surface area contributed by atoms with Gasteiger partial charge in [0.2, 0.25) is 5.82 Å². The number of aromatic nitrogens is 5. The van der Waals surface area contributed by atoms with E-state index in [9.17, 15) is 0 Å². The Labute approximate surface area is 172 Å². The van der Waals surface area contributed by atoms with E-state index < -0.39 is 0 Å². The van der Waals surface area contributed by atoms with Crippen LogP contribution in [0.3, 0.4) is 0 Å². The van der Waals surface area contributed by atoms with Gasteiger partial charge in [0.1, 0.15) is 5.69 Å². The molecule has 0 aliphatic rings. The summed E-state index contributed by atoms with van der Waals surface area (Å²) in [4.78, 5) is 7.10. The summed E-state index contributed by atoms with van der Waals surface area (Å²) in [5.74, 6) is 0.642. The van der Waals surface area contributed by atoms with Crippen LogP contribution < -0.4 is 10.2 Å². The molecule has 150 valence electrons. The van der Waals surface area contributed by atoms with Gasteiger partial charge in [0, 0.05) is 31.1 Å². The molecule has 3 aromatic heterocycles. The summed E-state index contributed by atoms with van der Waals surface area (Å²) in [7, 11) is 4.46. The van der Waals surface area contributed by atoms with Gasteiger partial charge in [-0.3, -0.25) is 0 Å². The van der Waals surface area contributed by atoms with Gasteiger partial charge in [-0.1, -0.05) is 31.2 Å². The monoisotopic (exact) mass is 408 g/mol. The highest BCUT2D eigenvalue weighted by Gasteiger charge is 2.18. The lowest BCUT2D eigenvalue weighted by molar-refractivity contribution is 0.205. The second-order valence-electron chi connectivity index (χ2n) is 7.01. The Bertz CT molecular complexity index is 1160. The van der Waals surface area contributed by atoms with E-state index >= 15 is 0 Å². The number of hydrogen-bond acceptors (Lipinski definition) is 6. The first-order valence-electron chi connectivity index (χ1n) is 9.74. The number of nitrogens with zero attached hydrogens (tertiary/aromatic N) is 6. The standard InChI is InChI=1S/C21H25N6OP/c1-4-10-26(11-12-28-3)17-13-22-27-20(14(17)2)24-25-21(27)16-9-8-15-6-5-7-18(29)19(15)23-16/h5-9,13H,4,10-12,29H2,1-3H3. The molecule has 0 fully saturated rings. The predicted octanol–water partition coefficient (Wildman–Crippen LogP) is 3.01. The van der Waals surface area contributed by atoms with Crippen molar-refractivity contribution >= 4 is 36.8 Å². The lowest BCUT2D eigenvalue weighted by atomic mass is 10.2. The normalized spacial score (nSPS) is 11.4. The van der Waals surface area contributed by atoms with Gasteiger partial charge in [-0.2, -0.15) is 9.61 Å². The Morgan fingerprint density at radius 1 is 1.14 bits per heavy atom. The molecule has 0 saturated heterocycles. The first kappa shape index (κ1) is 19.7. The van der Waals surface area contributed by atoms with Crippen LogP contribution >= 0.6 is 9.24 Å². The van der Waals surface area contributed by atoms with Crippen LogP contribution in [0.1, 0.15) is 18.9 Å². The zero-order valence-electron chi connectivity index (χ0n) is 17.0. The molecule has 0 aliphatic heterocycles. The number of pyridine rings is 1. The van der Waals surface area contributed by atoms with Crippen LogP contribution in [0, 0.1) is 6.92 Å². The van der Waals surface area contributed by atoms with Gasteiger partial charge in [0.15, 0.2) is 5.65 Å². The minimum absolute atomic E-state index is 0.642. The molecule has 1 atom stereocenters. The Kier molecular flexibility index (Phi) is 5.69. The molecule has 4 aromatic rings. The molecular formula is C21H25N6OP. The fourth-order valence-electron chi connectivity index (χ4n) is 3.54. The minimum Gasteiger partial charge on any atom is -0.383 e. The lowest BCUT2D eigenvalue weighted by Crippen LogP contribution is -2.29. The number of anilines is 1. The van der Waals surface area contributed by atoms with Crippen molar-refractivity contribution in [3.8, 4) is 11.5 Å². The van der Waals surface area contributed by atoms with E-state index in [2.05, 4.69) is 55.4 Å². The van der Waals surface area contributed by atoms with Gasteiger partial charge < -0.3 is 9.64 Å². The number of rotatable bonds is 7. The van der Waals surface area contributed by atoms with Crippen LogP contribution in [0.5, 0.6) is 0 Å². The Morgan fingerprint density at radius 3 is 2.79 bits per heavy atom. The second kappa shape index (κ2) is 8.39. The maximum atomic E-state index is 5.27. The van der Waals surface area contributed by atoms with E-state index in [-0.39, 0.29) is 0 Å². The third-order valence-electron chi connectivity index (χ3n) is 5.04. The van der Waals surface area contributed by atoms with Crippen molar-refractivity contribution in [1.82, 2.24) is 24.8 Å². The zero-order chi connectivity index (χ0) is 20.4. The van der Waals surface area contributed by atoms with Crippen molar-refractivity contribution < 1.29 is 4.74 Å². The molecule has 0 saturated carbocycles. The van der Waals surface area contributed by atoms with Crippen LogP contribution in [0.4, 0.5) is 5.69 Å². The molecule has 1 unspecified atom stereocenters. The van der Waals surface area contributed by atoms with Crippen LogP contribution in [0.15, 0.2) is 36.5 Å². The highest BCUT2D eigenvalue weighted by Crippen LogP contribution is 2.25. The van der Waals surface area contributed by atoms with E-state index in [4.69, 9.17) is 9.72 Å². The maximum Gasteiger partial charge on any atom is 0.203 e. The van der Waals surface area contributed by atoms with Gasteiger partial charge in [0.05, 0.1) is 24.0 Å². The predicted molar refractivity (Wildman–Crippen MR) is 120 cm³/mol. The number of methoxy groups -OCH3 is 1. The molecule has 3 heterocycles. The number of hydrogen-bond donors (Lipinski definition) is 0. The summed E-state index contributed by atoms with van der Waals surface area (Å²) < 4.78 is 7.05. The van der Waals surface area contributed by atoms with E-state index in [0.29, 0.717) is 12.4 Å². The molecule has 4 rings (SSSR count). The van der Waals surface area contributed by atoms with Crippen molar-refractivity contribution in [3.63, 3.8) is 0 Å². The molecule has 0 spiro atoms. The van der Waals surface area contributed by atoms with Crippen LogP contribution in [0.2, 0.25) is 0 Å². The first-order valence-corrected chi connectivity index (χ1v) is 10.3. The van der Waals surface area contributed by atoms with Gasteiger partial charge in [-0.05, 0) is 24.7 Å². The molecule has 0 radical (unpaired) electrons. The molecule has 0 bridgehead atoms. The number of para-hydroxylation sites is 1. The summed E-state index contributed by atoms with van der Waals surface area (Å²) in [5.41, 5.74) is 4.56. The summed E-state index contributed by atoms with van der Waals surface area (Å²) in [5, 5.41) is 15.6. The van der Waals surface area contributed by atoms with Crippen molar-refractivity contribution in [2.45, 2.75) is 20.3 Å². The Morgan fingerprint density at radius 2 is 2.00 bits per heavy atom. The van der Waals surface area contributed by atoms with Gasteiger partial charge in [0.25, 0.3) is 0 Å². The Hall–Kier alpha value is -2.63. The molecule has 0 aliphatic carbocycles. The fourth-order valence-corrected chi connectivity index (χ4v) is 3.89. The molecule has 0 N–H and O–H groups in total. The molecule has 29 heavy (non-hydrogen) atoms. The SMILES string of the molecule is CCCN(CCOC)c1cnn2c(-c3ccc4cccc(P)c4n3)nnc2c1C. The van der Waals surface area contributed by atoms with Crippen molar-refractivity contribution in [2.24, 2.45) is 0 Å². The third-order valence-corrected chi connectivity index (χ3v) is 5.50. The first-order chi connectivity index (χ1) is 14.1. The molecular weight excluding hydrogens is 383 g/mol. The van der Waals surface area contributed by atoms with Crippen molar-refractivity contribution in [1.29, 1.82) is 0 Å². The lowest BCUT2D eigenvalue weighted by Gasteiger charge is -2.25. The van der Waals surface area contributed by atoms with Crippen LogP contribution in [-0.4, -0.2) is 51.6 Å². The quantitative estimate of drug-likeness (QED) is 0.438. The van der Waals surface area contributed by atoms with Gasteiger partial charge >= 0.3 is 0 Å². The average Bonchev–Trinajstić information content (AvgIpc) is 3.17. The summed E-state index contributed by atoms with van der Waals surface area (Å²) in [6.45, 7) is 6.65. The highest BCUT2D eigenvalue weighted by atomic mass is 31.0. The highest BCUT2D eigenvalue weighted by molar-refractivity contribution is 7.28. The van der Waals surface area contributed by atoms with Crippen LogP contribution in [-0.2, 0) is 4.74 Å². The summed E-state index contributed by atoms with van der Waals surface area (Å²) >= 11 is 0. The zero-order valence-corrected chi connectivity index (χ0v) is 18.1. The Balaban J connectivity index is 1.78. The number of fused-ring (bicyclic) bond motifs is 2. The van der Waals surface area contributed by atoms with E-state index in [1.807, 2.05) is 24.4 Å². The second-order valence-corrected chi connectivity index (χ2v) is 7.63. The molecule has 7 nitrogen and oxygen atoms in total. The van der Waals surface area contributed by atoms with Crippen molar-refractivity contribution in [3.05, 3.63) is 42.1 Å². The van der Waals surface area contributed by atoms with Crippen molar-refractivity contribution in [2.75, 3.05) is 31.7 Å². The number of ether oxygens (including phenoxy) is 1. The average molecular weight is 408 g/mol.